The Morgan fingerprint density at radius 2 is 1.58 bits per heavy atom. The Kier molecular flexibility index (Phi) is 6.78. The molecule has 0 aromatic heterocycles. The lowest BCUT2D eigenvalue weighted by Crippen LogP contribution is -2.18. The largest absolute Gasteiger partial charge is 0.280 e. The van der Waals surface area contributed by atoms with Gasteiger partial charge < -0.3 is 0 Å². The topological polar surface area (TPSA) is 131 Å². The van der Waals surface area contributed by atoms with E-state index in [0.717, 1.165) is 4.47 Å². The van der Waals surface area contributed by atoms with Crippen molar-refractivity contribution in [3.8, 4) is 0 Å². The van der Waals surface area contributed by atoms with Gasteiger partial charge in [0.1, 0.15) is 0 Å². The van der Waals surface area contributed by atoms with Gasteiger partial charge in [-0.3, -0.25) is 19.6 Å². The van der Waals surface area contributed by atoms with Gasteiger partial charge in [0.05, 0.1) is 16.0 Å². The number of halogens is 1. The van der Waals surface area contributed by atoms with Crippen LogP contribution >= 0.6 is 15.9 Å². The van der Waals surface area contributed by atoms with Crippen LogP contribution in [-0.2, 0) is 10.0 Å². The fourth-order valence-electron chi connectivity index (χ4n) is 2.43. The molecule has 1 amide bonds. The number of nitro benzene ring substituents is 1. The second kappa shape index (κ2) is 9.49. The van der Waals surface area contributed by atoms with Crippen LogP contribution < -0.4 is 10.1 Å². The SMILES string of the molecule is O=C(NN=Cc1ccc([N+](=O)[O-])cc1)c1ccc(NS(=O)(=O)c2ccc(Br)cc2)cc1. The minimum Gasteiger partial charge on any atom is -0.280 e. The molecule has 31 heavy (non-hydrogen) atoms. The molecule has 0 spiro atoms. The predicted octanol–water partition coefficient (Wildman–Crippen LogP) is 3.92. The van der Waals surface area contributed by atoms with Crippen LogP contribution in [0.4, 0.5) is 11.4 Å². The Bertz CT molecular complexity index is 1230. The lowest BCUT2D eigenvalue weighted by Gasteiger charge is -2.09. The number of nitro groups is 1. The molecule has 0 unspecified atom stereocenters. The molecule has 0 bridgehead atoms. The van der Waals surface area contributed by atoms with E-state index in [1.54, 1.807) is 12.1 Å². The Labute approximate surface area is 186 Å². The van der Waals surface area contributed by atoms with E-state index in [0.29, 0.717) is 11.3 Å². The van der Waals surface area contributed by atoms with Crippen LogP contribution in [0.5, 0.6) is 0 Å². The summed E-state index contributed by atoms with van der Waals surface area (Å²) in [4.78, 5) is 22.4. The lowest BCUT2D eigenvalue weighted by atomic mass is 10.2. The fraction of sp³-hybridized carbons (Fsp3) is 0. The number of hydrazone groups is 1. The van der Waals surface area contributed by atoms with E-state index in [2.05, 4.69) is 31.2 Å². The first-order valence-corrected chi connectivity index (χ1v) is 11.0. The molecule has 158 valence electrons. The molecule has 11 heteroatoms. The highest BCUT2D eigenvalue weighted by Crippen LogP contribution is 2.19. The summed E-state index contributed by atoms with van der Waals surface area (Å²) in [5, 5.41) is 14.4. The summed E-state index contributed by atoms with van der Waals surface area (Å²) in [6.45, 7) is 0. The third kappa shape index (κ3) is 5.96. The summed E-state index contributed by atoms with van der Waals surface area (Å²) < 4.78 is 28.0. The van der Waals surface area contributed by atoms with Crippen molar-refractivity contribution in [2.45, 2.75) is 4.90 Å². The number of amides is 1. The van der Waals surface area contributed by atoms with E-state index in [4.69, 9.17) is 0 Å². The second-order valence-electron chi connectivity index (χ2n) is 6.18. The van der Waals surface area contributed by atoms with E-state index in [-0.39, 0.29) is 16.1 Å². The fourth-order valence-corrected chi connectivity index (χ4v) is 3.75. The number of hydrogen-bond acceptors (Lipinski definition) is 6. The number of nitrogens with zero attached hydrogens (tertiary/aromatic N) is 2. The summed E-state index contributed by atoms with van der Waals surface area (Å²) in [5.74, 6) is -0.500. The number of sulfonamides is 1. The normalized spacial score (nSPS) is 11.3. The average Bonchev–Trinajstić information content (AvgIpc) is 2.74. The smallest absolute Gasteiger partial charge is 0.271 e. The molecule has 3 aromatic rings. The van der Waals surface area contributed by atoms with E-state index in [1.165, 1.54) is 66.9 Å². The zero-order valence-electron chi connectivity index (χ0n) is 15.7. The van der Waals surface area contributed by atoms with Crippen LogP contribution in [0.3, 0.4) is 0 Å². The van der Waals surface area contributed by atoms with Crippen molar-refractivity contribution in [3.05, 3.63) is 98.5 Å². The number of anilines is 1. The molecule has 3 aromatic carbocycles. The van der Waals surface area contributed by atoms with Crippen molar-refractivity contribution in [1.82, 2.24) is 5.43 Å². The first kappa shape index (κ1) is 22.1. The molecule has 0 heterocycles. The van der Waals surface area contributed by atoms with Gasteiger partial charge in [0, 0.05) is 27.9 Å². The zero-order valence-corrected chi connectivity index (χ0v) is 18.1. The molecular formula is C20H15BrN4O5S. The number of nitrogens with one attached hydrogen (secondary N) is 2. The molecule has 0 saturated heterocycles. The standard InChI is InChI=1S/C20H15BrN4O5S/c21-16-5-11-19(12-6-16)31(29,30)24-17-7-3-15(4-8-17)20(26)23-22-13-14-1-9-18(10-2-14)25(27)28/h1-13,24H,(H,23,26). The maximum Gasteiger partial charge on any atom is 0.271 e. The number of carbonyl (C=O) groups excluding carboxylic acids is 1. The first-order chi connectivity index (χ1) is 14.7. The Morgan fingerprint density at radius 3 is 2.16 bits per heavy atom. The Hall–Kier alpha value is -3.57. The second-order valence-corrected chi connectivity index (χ2v) is 8.78. The molecular weight excluding hydrogens is 488 g/mol. The molecule has 9 nitrogen and oxygen atoms in total. The van der Waals surface area contributed by atoms with Gasteiger partial charge in [-0.25, -0.2) is 13.8 Å². The number of carbonyl (C=O) groups is 1. The quantitative estimate of drug-likeness (QED) is 0.287. The van der Waals surface area contributed by atoms with Gasteiger partial charge in [0.25, 0.3) is 21.6 Å². The summed E-state index contributed by atoms with van der Waals surface area (Å²) >= 11 is 3.25. The van der Waals surface area contributed by atoms with Crippen molar-refractivity contribution in [2.24, 2.45) is 5.10 Å². The van der Waals surface area contributed by atoms with Gasteiger partial charge in [-0.2, -0.15) is 5.10 Å². The highest BCUT2D eigenvalue weighted by Gasteiger charge is 2.14. The van der Waals surface area contributed by atoms with Crippen LogP contribution in [-0.4, -0.2) is 25.5 Å². The van der Waals surface area contributed by atoms with Gasteiger partial charge >= 0.3 is 0 Å². The van der Waals surface area contributed by atoms with Gasteiger partial charge in [0.2, 0.25) is 0 Å². The number of non-ortho nitro benzene ring substituents is 1. The van der Waals surface area contributed by atoms with Gasteiger partial charge in [-0.15, -0.1) is 0 Å². The van der Waals surface area contributed by atoms with Crippen molar-refractivity contribution in [3.63, 3.8) is 0 Å². The van der Waals surface area contributed by atoms with Gasteiger partial charge in [-0.05, 0) is 66.2 Å². The third-order valence-electron chi connectivity index (χ3n) is 4.01. The minimum absolute atomic E-state index is 0.0444. The molecule has 3 rings (SSSR count). The first-order valence-electron chi connectivity index (χ1n) is 8.71. The minimum atomic E-state index is -3.75. The number of rotatable bonds is 7. The molecule has 0 fully saturated rings. The third-order valence-corrected chi connectivity index (χ3v) is 5.93. The molecule has 0 radical (unpaired) electrons. The summed E-state index contributed by atoms with van der Waals surface area (Å²) in [5.41, 5.74) is 3.44. The van der Waals surface area contributed by atoms with Crippen molar-refractivity contribution in [2.75, 3.05) is 4.72 Å². The maximum absolute atomic E-state index is 12.4. The van der Waals surface area contributed by atoms with Crippen LogP contribution in [0.2, 0.25) is 0 Å². The van der Waals surface area contributed by atoms with Gasteiger partial charge in [-0.1, -0.05) is 15.9 Å². The maximum atomic E-state index is 12.4. The monoisotopic (exact) mass is 502 g/mol. The van der Waals surface area contributed by atoms with Gasteiger partial charge in [0.15, 0.2) is 0 Å². The van der Waals surface area contributed by atoms with Crippen LogP contribution in [0.25, 0.3) is 0 Å². The molecule has 2 N–H and O–H groups in total. The molecule has 0 aliphatic carbocycles. The Balaban J connectivity index is 1.60. The predicted molar refractivity (Wildman–Crippen MR) is 120 cm³/mol. The van der Waals surface area contributed by atoms with Crippen LogP contribution in [0.1, 0.15) is 15.9 Å². The Morgan fingerprint density at radius 1 is 0.968 bits per heavy atom. The zero-order chi connectivity index (χ0) is 22.4. The van der Waals surface area contributed by atoms with Crippen LogP contribution in [0.15, 0.2) is 87.3 Å². The molecule has 0 atom stereocenters. The van der Waals surface area contributed by atoms with Crippen molar-refractivity contribution < 1.29 is 18.1 Å². The van der Waals surface area contributed by atoms with E-state index in [1.807, 2.05) is 0 Å². The average molecular weight is 503 g/mol. The van der Waals surface area contributed by atoms with Crippen LogP contribution in [0, 0.1) is 10.1 Å². The van der Waals surface area contributed by atoms with E-state index in [9.17, 15) is 23.3 Å². The van der Waals surface area contributed by atoms with E-state index < -0.39 is 20.9 Å². The van der Waals surface area contributed by atoms with Crippen molar-refractivity contribution >= 4 is 49.4 Å². The van der Waals surface area contributed by atoms with E-state index >= 15 is 0 Å². The molecule has 0 saturated carbocycles. The lowest BCUT2D eigenvalue weighted by molar-refractivity contribution is -0.384. The summed E-state index contributed by atoms with van der Waals surface area (Å²) in [7, 11) is -3.75. The summed E-state index contributed by atoms with van der Waals surface area (Å²) in [6.07, 6.45) is 1.35. The molecule has 0 aliphatic rings. The van der Waals surface area contributed by atoms with Crippen molar-refractivity contribution in [1.29, 1.82) is 0 Å². The molecule has 0 aliphatic heterocycles. The highest BCUT2D eigenvalue weighted by molar-refractivity contribution is 9.10. The summed E-state index contributed by atoms with van der Waals surface area (Å²) in [6, 6.07) is 17.7. The number of hydrogen-bond donors (Lipinski definition) is 2. The number of benzene rings is 3. The highest BCUT2D eigenvalue weighted by atomic mass is 79.9.